The number of non-ortho nitro benzene ring substituents is 1. The summed E-state index contributed by atoms with van der Waals surface area (Å²) in [6, 6.07) is 8.51. The van der Waals surface area contributed by atoms with E-state index >= 15 is 0 Å². The van der Waals surface area contributed by atoms with E-state index in [2.05, 4.69) is 4.72 Å². The number of nitrogens with one attached hydrogen (secondary N) is 1. The molecule has 0 heterocycles. The number of nitro groups is 1. The number of anilines is 1. The largest absolute Gasteiger partial charge is 0.506 e. The van der Waals surface area contributed by atoms with E-state index < -0.39 is 20.7 Å². The Labute approximate surface area is 125 Å². The van der Waals surface area contributed by atoms with Crippen LogP contribution in [0.4, 0.5) is 11.4 Å². The molecule has 0 radical (unpaired) electrons. The Balaban J connectivity index is 2.41. The first-order valence-electron chi connectivity index (χ1n) is 5.55. The van der Waals surface area contributed by atoms with E-state index in [1.54, 1.807) is 0 Å². The van der Waals surface area contributed by atoms with Gasteiger partial charge in [-0.05, 0) is 24.3 Å². The average Bonchev–Trinajstić information content (AvgIpc) is 2.41. The molecule has 2 rings (SSSR count). The fourth-order valence-electron chi connectivity index (χ4n) is 1.56. The molecule has 0 unspecified atom stereocenters. The molecule has 0 bridgehead atoms. The Morgan fingerprint density at radius 1 is 1.19 bits per heavy atom. The maximum absolute atomic E-state index is 12.1. The minimum absolute atomic E-state index is 0.124. The summed E-state index contributed by atoms with van der Waals surface area (Å²) in [5.74, 6) is -0.425. The van der Waals surface area contributed by atoms with Crippen LogP contribution in [0.1, 0.15) is 0 Å². The first-order valence-corrected chi connectivity index (χ1v) is 7.41. The van der Waals surface area contributed by atoms with Crippen LogP contribution in [0, 0.1) is 10.1 Å². The molecule has 9 heteroatoms. The van der Waals surface area contributed by atoms with Crippen molar-refractivity contribution in [1.82, 2.24) is 0 Å². The summed E-state index contributed by atoms with van der Waals surface area (Å²) >= 11 is 5.72. The fourth-order valence-corrected chi connectivity index (χ4v) is 2.92. The molecule has 2 aromatic rings. The molecule has 2 aromatic carbocycles. The third kappa shape index (κ3) is 3.41. The smallest absolute Gasteiger partial charge is 0.271 e. The van der Waals surface area contributed by atoms with Gasteiger partial charge in [0.15, 0.2) is 0 Å². The normalized spacial score (nSPS) is 11.1. The molecule has 0 aliphatic carbocycles. The lowest BCUT2D eigenvalue weighted by Crippen LogP contribution is -2.13. The van der Waals surface area contributed by atoms with Crippen LogP contribution >= 0.6 is 11.6 Å². The van der Waals surface area contributed by atoms with Gasteiger partial charge in [-0.25, -0.2) is 8.42 Å². The van der Waals surface area contributed by atoms with E-state index in [4.69, 9.17) is 11.6 Å². The number of nitro benzene ring substituents is 1. The summed E-state index contributed by atoms with van der Waals surface area (Å²) in [6.07, 6.45) is 0. The van der Waals surface area contributed by atoms with Crippen molar-refractivity contribution >= 4 is 33.0 Å². The Morgan fingerprint density at radius 3 is 2.52 bits per heavy atom. The second-order valence-electron chi connectivity index (χ2n) is 4.02. The SMILES string of the molecule is O=[N+]([O-])c1ccc(O)c(NS(=O)(=O)c2cccc(Cl)c2)c1. The predicted molar refractivity (Wildman–Crippen MR) is 77.0 cm³/mol. The molecule has 0 amide bonds. The van der Waals surface area contributed by atoms with Crippen molar-refractivity contribution in [3.63, 3.8) is 0 Å². The number of phenols is 1. The molecular formula is C12H9ClN2O5S. The van der Waals surface area contributed by atoms with Gasteiger partial charge in [-0.1, -0.05) is 17.7 Å². The molecule has 0 fully saturated rings. The van der Waals surface area contributed by atoms with Gasteiger partial charge in [0.05, 0.1) is 15.5 Å². The number of halogens is 1. The van der Waals surface area contributed by atoms with Crippen LogP contribution in [0.5, 0.6) is 5.75 Å². The summed E-state index contributed by atoms with van der Waals surface area (Å²) in [5.41, 5.74) is -0.638. The number of phenolic OH excluding ortho intramolecular Hbond substituents is 1. The van der Waals surface area contributed by atoms with Gasteiger partial charge >= 0.3 is 0 Å². The zero-order chi connectivity index (χ0) is 15.6. The number of nitrogens with zero attached hydrogens (tertiary/aromatic N) is 1. The van der Waals surface area contributed by atoms with Gasteiger partial charge in [0.2, 0.25) is 0 Å². The van der Waals surface area contributed by atoms with Crippen molar-refractivity contribution in [2.75, 3.05) is 4.72 Å². The fraction of sp³-hybridized carbons (Fsp3) is 0. The Bertz CT molecular complexity index is 807. The van der Waals surface area contributed by atoms with E-state index in [1.165, 1.54) is 24.3 Å². The van der Waals surface area contributed by atoms with Crippen LogP contribution in [0.3, 0.4) is 0 Å². The molecule has 110 valence electrons. The monoisotopic (exact) mass is 328 g/mol. The van der Waals surface area contributed by atoms with E-state index in [0.29, 0.717) is 0 Å². The standard InChI is InChI=1S/C12H9ClN2O5S/c13-8-2-1-3-10(6-8)21(19,20)14-11-7-9(15(17)18)4-5-12(11)16/h1-7,14,16H. The molecule has 21 heavy (non-hydrogen) atoms. The van der Waals surface area contributed by atoms with Gasteiger partial charge in [0.1, 0.15) is 5.75 Å². The number of rotatable bonds is 4. The number of sulfonamides is 1. The summed E-state index contributed by atoms with van der Waals surface area (Å²) < 4.78 is 26.4. The van der Waals surface area contributed by atoms with E-state index in [1.807, 2.05) is 0 Å². The molecule has 0 aromatic heterocycles. The summed E-state index contributed by atoms with van der Waals surface area (Å²) in [6.45, 7) is 0. The third-order valence-electron chi connectivity index (χ3n) is 2.54. The maximum atomic E-state index is 12.1. The highest BCUT2D eigenvalue weighted by Gasteiger charge is 2.18. The Hall–Kier alpha value is -2.32. The third-order valence-corrected chi connectivity index (χ3v) is 4.14. The molecule has 7 nitrogen and oxygen atoms in total. The second-order valence-corrected chi connectivity index (χ2v) is 6.14. The minimum Gasteiger partial charge on any atom is -0.506 e. The molecule has 0 aliphatic heterocycles. The van der Waals surface area contributed by atoms with Crippen molar-refractivity contribution in [3.8, 4) is 5.75 Å². The molecule has 0 aliphatic rings. The van der Waals surface area contributed by atoms with Crippen LogP contribution in [0.15, 0.2) is 47.4 Å². The van der Waals surface area contributed by atoms with Crippen molar-refractivity contribution in [1.29, 1.82) is 0 Å². The Kier molecular flexibility index (Phi) is 4.01. The predicted octanol–water partition coefficient (Wildman–Crippen LogP) is 2.75. The molecule has 0 saturated carbocycles. The van der Waals surface area contributed by atoms with Gasteiger partial charge in [0.25, 0.3) is 15.7 Å². The average molecular weight is 329 g/mol. The number of hydrogen-bond donors (Lipinski definition) is 2. The highest BCUT2D eigenvalue weighted by atomic mass is 35.5. The first kappa shape index (κ1) is 15.1. The lowest BCUT2D eigenvalue weighted by molar-refractivity contribution is -0.384. The summed E-state index contributed by atoms with van der Waals surface area (Å²) in [7, 11) is -4.02. The Morgan fingerprint density at radius 2 is 1.90 bits per heavy atom. The quantitative estimate of drug-likeness (QED) is 0.509. The molecule has 2 N–H and O–H groups in total. The topological polar surface area (TPSA) is 110 Å². The number of aromatic hydroxyl groups is 1. The van der Waals surface area contributed by atoms with Crippen LogP contribution in [0.2, 0.25) is 5.02 Å². The van der Waals surface area contributed by atoms with Crippen molar-refractivity contribution in [2.45, 2.75) is 4.90 Å². The van der Waals surface area contributed by atoms with Gasteiger partial charge in [-0.2, -0.15) is 0 Å². The molecule has 0 atom stereocenters. The van der Waals surface area contributed by atoms with Crippen molar-refractivity contribution in [3.05, 3.63) is 57.6 Å². The lowest BCUT2D eigenvalue weighted by Gasteiger charge is -2.09. The zero-order valence-electron chi connectivity index (χ0n) is 10.4. The van der Waals surface area contributed by atoms with Gasteiger partial charge < -0.3 is 5.11 Å². The van der Waals surface area contributed by atoms with E-state index in [0.717, 1.165) is 18.2 Å². The highest BCUT2D eigenvalue weighted by Crippen LogP contribution is 2.30. The van der Waals surface area contributed by atoms with Crippen LogP contribution in [0.25, 0.3) is 0 Å². The van der Waals surface area contributed by atoms with E-state index in [-0.39, 0.29) is 21.3 Å². The van der Waals surface area contributed by atoms with Gasteiger partial charge in [-0.3, -0.25) is 14.8 Å². The second kappa shape index (κ2) is 5.58. The first-order chi connectivity index (χ1) is 9.79. The van der Waals surface area contributed by atoms with Crippen molar-refractivity contribution < 1.29 is 18.4 Å². The van der Waals surface area contributed by atoms with Crippen LogP contribution in [-0.2, 0) is 10.0 Å². The van der Waals surface area contributed by atoms with Crippen molar-refractivity contribution in [2.24, 2.45) is 0 Å². The molecule has 0 saturated heterocycles. The number of hydrogen-bond acceptors (Lipinski definition) is 5. The van der Waals surface area contributed by atoms with Crippen LogP contribution < -0.4 is 4.72 Å². The molecular weight excluding hydrogens is 320 g/mol. The summed E-state index contributed by atoms with van der Waals surface area (Å²) in [4.78, 5) is 9.85. The molecule has 0 spiro atoms. The number of benzene rings is 2. The van der Waals surface area contributed by atoms with E-state index in [9.17, 15) is 23.6 Å². The van der Waals surface area contributed by atoms with Crippen LogP contribution in [-0.4, -0.2) is 18.4 Å². The lowest BCUT2D eigenvalue weighted by atomic mass is 10.2. The van der Waals surface area contributed by atoms with Gasteiger partial charge in [0, 0.05) is 17.2 Å². The maximum Gasteiger partial charge on any atom is 0.271 e. The van der Waals surface area contributed by atoms with Gasteiger partial charge in [-0.15, -0.1) is 0 Å². The zero-order valence-corrected chi connectivity index (χ0v) is 11.9. The minimum atomic E-state index is -4.02. The summed E-state index contributed by atoms with van der Waals surface area (Å²) in [5, 5.41) is 20.5. The highest BCUT2D eigenvalue weighted by molar-refractivity contribution is 7.92.